The Morgan fingerprint density at radius 1 is 0.935 bits per heavy atom. The molecule has 0 saturated heterocycles. The van der Waals surface area contributed by atoms with Gasteiger partial charge in [-0.15, -0.1) is 0 Å². The quantitative estimate of drug-likeness (QED) is 0.516. The smallest absolute Gasteiger partial charge is 0.251 e. The van der Waals surface area contributed by atoms with Gasteiger partial charge in [0.2, 0.25) is 10.0 Å². The summed E-state index contributed by atoms with van der Waals surface area (Å²) in [5.41, 5.74) is 2.81. The van der Waals surface area contributed by atoms with Crippen molar-refractivity contribution in [3.05, 3.63) is 95.6 Å². The van der Waals surface area contributed by atoms with Crippen molar-refractivity contribution in [3.8, 4) is 5.75 Å². The molecule has 6 nitrogen and oxygen atoms in total. The van der Waals surface area contributed by atoms with Gasteiger partial charge >= 0.3 is 0 Å². The van der Waals surface area contributed by atoms with Gasteiger partial charge in [0.05, 0.1) is 25.0 Å². The number of nitrogens with zero attached hydrogens (tertiary/aromatic N) is 1. The molecule has 0 spiro atoms. The lowest BCUT2D eigenvalue weighted by molar-refractivity contribution is 0.0947. The molecule has 0 aliphatic carbocycles. The molecule has 0 unspecified atom stereocenters. The monoisotopic (exact) mass is 438 g/mol. The molecular formula is C24H26N2O4S. The number of anilines is 1. The highest BCUT2D eigenvalue weighted by Crippen LogP contribution is 2.24. The van der Waals surface area contributed by atoms with Crippen LogP contribution in [0.3, 0.4) is 0 Å². The van der Waals surface area contributed by atoms with Crippen LogP contribution in [0, 0.1) is 6.92 Å². The number of carbonyl (C=O) groups is 1. The third kappa shape index (κ3) is 6.33. The number of nitrogens with one attached hydrogen (secondary N) is 1. The topological polar surface area (TPSA) is 75.7 Å². The van der Waals surface area contributed by atoms with Gasteiger partial charge in [0.25, 0.3) is 5.91 Å². The number of hydrogen-bond donors (Lipinski definition) is 1. The predicted octanol–water partition coefficient (Wildman–Crippen LogP) is 3.77. The fraction of sp³-hybridized carbons (Fsp3) is 0.208. The van der Waals surface area contributed by atoms with Crippen LogP contribution < -0.4 is 14.4 Å². The summed E-state index contributed by atoms with van der Waals surface area (Å²) < 4.78 is 31.7. The molecule has 3 aromatic carbocycles. The zero-order chi connectivity index (χ0) is 22.3. The molecule has 0 atom stereocenters. The van der Waals surface area contributed by atoms with E-state index >= 15 is 0 Å². The molecule has 3 rings (SSSR count). The van der Waals surface area contributed by atoms with Gasteiger partial charge in [-0.05, 0) is 48.4 Å². The van der Waals surface area contributed by atoms with Crippen LogP contribution >= 0.6 is 0 Å². The van der Waals surface area contributed by atoms with E-state index in [-0.39, 0.29) is 12.5 Å². The minimum absolute atomic E-state index is 0.191. The molecule has 1 amide bonds. The van der Waals surface area contributed by atoms with E-state index in [0.29, 0.717) is 24.4 Å². The minimum atomic E-state index is -3.46. The Morgan fingerprint density at radius 3 is 2.23 bits per heavy atom. The molecule has 0 aromatic heterocycles. The molecule has 0 bridgehead atoms. The second-order valence-electron chi connectivity index (χ2n) is 7.17. The van der Waals surface area contributed by atoms with Crippen LogP contribution in [0.4, 0.5) is 5.69 Å². The van der Waals surface area contributed by atoms with E-state index in [0.717, 1.165) is 16.9 Å². The van der Waals surface area contributed by atoms with E-state index in [1.165, 1.54) is 10.6 Å². The predicted molar refractivity (Wildman–Crippen MR) is 123 cm³/mol. The number of amides is 1. The van der Waals surface area contributed by atoms with Crippen molar-refractivity contribution < 1.29 is 17.9 Å². The van der Waals surface area contributed by atoms with E-state index in [1.807, 2.05) is 55.5 Å². The molecular weight excluding hydrogens is 412 g/mol. The van der Waals surface area contributed by atoms with E-state index < -0.39 is 10.0 Å². The van der Waals surface area contributed by atoms with Gasteiger partial charge in [0.15, 0.2) is 0 Å². The summed E-state index contributed by atoms with van der Waals surface area (Å²) in [4.78, 5) is 12.3. The Balaban J connectivity index is 1.59. The van der Waals surface area contributed by atoms with Crippen LogP contribution in [0.15, 0.2) is 78.9 Å². The van der Waals surface area contributed by atoms with Crippen LogP contribution in [-0.4, -0.2) is 33.7 Å². The fourth-order valence-corrected chi connectivity index (χ4v) is 4.05. The SMILES string of the molecule is Cc1ccccc1N(Cc1ccc(C(=O)NCCOc2ccccc2)cc1)S(C)(=O)=O. The summed E-state index contributed by atoms with van der Waals surface area (Å²) in [5.74, 6) is 0.548. The average molecular weight is 439 g/mol. The Morgan fingerprint density at radius 2 is 1.58 bits per heavy atom. The maximum Gasteiger partial charge on any atom is 0.251 e. The highest BCUT2D eigenvalue weighted by atomic mass is 32.2. The third-order valence-corrected chi connectivity index (χ3v) is 5.85. The van der Waals surface area contributed by atoms with Crippen LogP contribution in [0.25, 0.3) is 0 Å². The molecule has 0 radical (unpaired) electrons. The largest absolute Gasteiger partial charge is 0.492 e. The van der Waals surface area contributed by atoms with Gasteiger partial charge < -0.3 is 10.1 Å². The first-order valence-corrected chi connectivity index (χ1v) is 11.8. The van der Waals surface area contributed by atoms with E-state index in [9.17, 15) is 13.2 Å². The van der Waals surface area contributed by atoms with Crippen molar-refractivity contribution in [2.24, 2.45) is 0 Å². The number of carbonyl (C=O) groups excluding carboxylic acids is 1. The van der Waals surface area contributed by atoms with Crippen LogP contribution in [-0.2, 0) is 16.6 Å². The number of sulfonamides is 1. The van der Waals surface area contributed by atoms with Gasteiger partial charge in [-0.25, -0.2) is 8.42 Å². The first-order chi connectivity index (χ1) is 14.8. The molecule has 0 aliphatic rings. The van der Waals surface area contributed by atoms with Gasteiger partial charge in [0.1, 0.15) is 12.4 Å². The van der Waals surface area contributed by atoms with Crippen LogP contribution in [0.1, 0.15) is 21.5 Å². The maximum atomic E-state index is 12.4. The molecule has 1 N–H and O–H groups in total. The molecule has 0 fully saturated rings. The zero-order valence-corrected chi connectivity index (χ0v) is 18.4. The fourth-order valence-electron chi connectivity index (χ4n) is 3.10. The Bertz CT molecular complexity index is 1110. The number of para-hydroxylation sites is 2. The second-order valence-corrected chi connectivity index (χ2v) is 9.08. The minimum Gasteiger partial charge on any atom is -0.492 e. The summed E-state index contributed by atoms with van der Waals surface area (Å²) in [6, 6.07) is 23.7. The van der Waals surface area contributed by atoms with E-state index in [2.05, 4.69) is 5.32 Å². The number of benzene rings is 3. The highest BCUT2D eigenvalue weighted by Gasteiger charge is 2.19. The number of rotatable bonds is 9. The van der Waals surface area contributed by atoms with Crippen LogP contribution in [0.5, 0.6) is 5.75 Å². The number of aryl methyl sites for hydroxylation is 1. The second kappa shape index (κ2) is 10.1. The van der Waals surface area contributed by atoms with Gasteiger partial charge in [0, 0.05) is 5.56 Å². The van der Waals surface area contributed by atoms with Crippen molar-refractivity contribution in [2.75, 3.05) is 23.7 Å². The van der Waals surface area contributed by atoms with Gasteiger partial charge in [-0.3, -0.25) is 9.10 Å². The van der Waals surface area contributed by atoms with Crippen molar-refractivity contribution in [3.63, 3.8) is 0 Å². The first-order valence-electron chi connectivity index (χ1n) is 9.93. The highest BCUT2D eigenvalue weighted by molar-refractivity contribution is 7.92. The average Bonchev–Trinajstić information content (AvgIpc) is 2.76. The molecule has 0 saturated carbocycles. The Hall–Kier alpha value is -3.32. The molecule has 162 valence electrons. The van der Waals surface area contributed by atoms with Gasteiger partial charge in [-0.1, -0.05) is 48.5 Å². The summed E-state index contributed by atoms with van der Waals surface area (Å²) in [7, 11) is -3.46. The number of ether oxygens (including phenoxy) is 1. The molecule has 3 aromatic rings. The van der Waals surface area contributed by atoms with E-state index in [4.69, 9.17) is 4.74 Å². The lowest BCUT2D eigenvalue weighted by Gasteiger charge is -2.24. The summed E-state index contributed by atoms with van der Waals surface area (Å²) in [6.07, 6.45) is 1.19. The third-order valence-electron chi connectivity index (χ3n) is 4.73. The maximum absolute atomic E-state index is 12.4. The standard InChI is InChI=1S/C24H26N2O4S/c1-19-8-6-7-11-23(19)26(31(2,28)29)18-20-12-14-21(15-13-20)24(27)25-16-17-30-22-9-4-3-5-10-22/h3-15H,16-18H2,1-2H3,(H,25,27). The summed E-state index contributed by atoms with van der Waals surface area (Å²) >= 11 is 0. The molecule has 0 heterocycles. The van der Waals surface area contributed by atoms with E-state index in [1.54, 1.807) is 30.3 Å². The lowest BCUT2D eigenvalue weighted by Crippen LogP contribution is -2.30. The normalized spacial score (nSPS) is 11.0. The van der Waals surface area contributed by atoms with Gasteiger partial charge in [-0.2, -0.15) is 0 Å². The summed E-state index contributed by atoms with van der Waals surface area (Å²) in [5, 5.41) is 2.82. The van der Waals surface area contributed by atoms with Crippen molar-refractivity contribution in [1.82, 2.24) is 5.32 Å². The molecule has 31 heavy (non-hydrogen) atoms. The first kappa shape index (κ1) is 22.4. The van der Waals surface area contributed by atoms with Crippen molar-refractivity contribution >= 4 is 21.6 Å². The Kier molecular flexibility index (Phi) is 7.31. The number of hydrogen-bond acceptors (Lipinski definition) is 4. The van der Waals surface area contributed by atoms with Crippen LogP contribution in [0.2, 0.25) is 0 Å². The Labute approximate surface area is 183 Å². The van der Waals surface area contributed by atoms with Crippen molar-refractivity contribution in [1.29, 1.82) is 0 Å². The van der Waals surface area contributed by atoms with Crippen molar-refractivity contribution in [2.45, 2.75) is 13.5 Å². The molecule has 7 heteroatoms. The zero-order valence-electron chi connectivity index (χ0n) is 17.6. The lowest BCUT2D eigenvalue weighted by atomic mass is 10.1. The molecule has 0 aliphatic heterocycles. The summed E-state index contributed by atoms with van der Waals surface area (Å²) in [6.45, 7) is 2.82.